The number of hydrogen-bond acceptors (Lipinski definition) is 2. The van der Waals surface area contributed by atoms with E-state index in [9.17, 15) is 0 Å². The molecule has 1 aromatic carbocycles. The first kappa shape index (κ1) is 12.3. The van der Waals surface area contributed by atoms with Crippen LogP contribution in [0.1, 0.15) is 11.4 Å². The number of rotatable bonds is 3. The summed E-state index contributed by atoms with van der Waals surface area (Å²) in [5.74, 6) is 1.00. The molecule has 0 bridgehead atoms. The molecule has 19 heavy (non-hydrogen) atoms. The Morgan fingerprint density at radius 2 is 2.21 bits per heavy atom. The van der Waals surface area contributed by atoms with Crippen LogP contribution >= 0.6 is 11.6 Å². The van der Waals surface area contributed by atoms with Gasteiger partial charge in [-0.05, 0) is 17.7 Å². The largest absolute Gasteiger partial charge is 0.340 e. The molecule has 0 radical (unpaired) electrons. The smallest absolute Gasteiger partial charge is 0.128 e. The van der Waals surface area contributed by atoms with Crippen LogP contribution in [0.25, 0.3) is 10.9 Å². The van der Waals surface area contributed by atoms with Crippen LogP contribution in [0.15, 0.2) is 36.8 Å². The zero-order valence-corrected chi connectivity index (χ0v) is 11.4. The van der Waals surface area contributed by atoms with Crippen molar-refractivity contribution in [1.82, 2.24) is 14.1 Å². The van der Waals surface area contributed by atoms with Gasteiger partial charge < -0.3 is 14.9 Å². The summed E-state index contributed by atoms with van der Waals surface area (Å²) < 4.78 is 4.16. The van der Waals surface area contributed by atoms with E-state index in [0.29, 0.717) is 13.1 Å². The average molecular weight is 275 g/mol. The van der Waals surface area contributed by atoms with E-state index >= 15 is 0 Å². The summed E-state index contributed by atoms with van der Waals surface area (Å²) in [7, 11) is 1.99. The Kier molecular flexibility index (Phi) is 3.05. The predicted molar refractivity (Wildman–Crippen MR) is 77.1 cm³/mol. The number of aromatic nitrogens is 3. The molecule has 0 saturated heterocycles. The number of halogens is 1. The average Bonchev–Trinajstić information content (AvgIpc) is 2.95. The van der Waals surface area contributed by atoms with Gasteiger partial charge >= 0.3 is 0 Å². The van der Waals surface area contributed by atoms with E-state index in [1.54, 1.807) is 6.20 Å². The SMILES string of the molecule is Cn1ccnc1Cn1cc(CN)c2ccc(Cl)cc21. The first-order valence-electron chi connectivity index (χ1n) is 6.12. The van der Waals surface area contributed by atoms with Gasteiger partial charge in [-0.15, -0.1) is 0 Å². The molecule has 0 atom stereocenters. The monoisotopic (exact) mass is 274 g/mol. The molecule has 0 amide bonds. The van der Waals surface area contributed by atoms with Crippen molar-refractivity contribution >= 4 is 22.5 Å². The first-order valence-corrected chi connectivity index (χ1v) is 6.50. The van der Waals surface area contributed by atoms with E-state index in [1.807, 2.05) is 36.0 Å². The van der Waals surface area contributed by atoms with Crippen molar-refractivity contribution in [2.45, 2.75) is 13.1 Å². The molecule has 0 fully saturated rings. The number of fused-ring (bicyclic) bond motifs is 1. The zero-order valence-electron chi connectivity index (χ0n) is 10.7. The van der Waals surface area contributed by atoms with Crippen LogP contribution in [0.5, 0.6) is 0 Å². The van der Waals surface area contributed by atoms with Gasteiger partial charge in [0.15, 0.2) is 0 Å². The van der Waals surface area contributed by atoms with Gasteiger partial charge in [-0.1, -0.05) is 17.7 Å². The molecule has 2 aromatic heterocycles. The molecule has 3 rings (SSSR count). The fourth-order valence-electron chi connectivity index (χ4n) is 2.34. The van der Waals surface area contributed by atoms with Crippen molar-refractivity contribution in [3.8, 4) is 0 Å². The first-order chi connectivity index (χ1) is 9.19. The van der Waals surface area contributed by atoms with E-state index in [1.165, 1.54) is 0 Å². The Hall–Kier alpha value is -1.78. The molecule has 2 N–H and O–H groups in total. The molecular formula is C14H15ClN4. The standard InChI is InChI=1S/C14H15ClN4/c1-18-5-4-17-14(18)9-19-8-10(7-16)12-3-2-11(15)6-13(12)19/h2-6,8H,7,9,16H2,1H3. The van der Waals surface area contributed by atoms with Crippen molar-refractivity contribution in [1.29, 1.82) is 0 Å². The van der Waals surface area contributed by atoms with Gasteiger partial charge in [-0.2, -0.15) is 0 Å². The molecule has 0 unspecified atom stereocenters. The second kappa shape index (κ2) is 4.72. The van der Waals surface area contributed by atoms with Gasteiger partial charge in [0.1, 0.15) is 5.82 Å². The van der Waals surface area contributed by atoms with Crippen LogP contribution < -0.4 is 5.73 Å². The van der Waals surface area contributed by atoms with Crippen molar-refractivity contribution in [2.24, 2.45) is 12.8 Å². The normalized spacial score (nSPS) is 11.3. The Balaban J connectivity index is 2.12. The molecule has 0 saturated carbocycles. The minimum absolute atomic E-state index is 0.520. The van der Waals surface area contributed by atoms with Crippen LogP contribution in [0.4, 0.5) is 0 Å². The number of nitrogens with zero attached hydrogens (tertiary/aromatic N) is 3. The van der Waals surface area contributed by atoms with E-state index in [0.717, 1.165) is 27.3 Å². The summed E-state index contributed by atoms with van der Waals surface area (Å²) in [6.45, 7) is 1.23. The van der Waals surface area contributed by atoms with Crippen LogP contribution in [0.3, 0.4) is 0 Å². The van der Waals surface area contributed by atoms with E-state index in [-0.39, 0.29) is 0 Å². The summed E-state index contributed by atoms with van der Waals surface area (Å²) in [6.07, 6.45) is 5.82. The molecular weight excluding hydrogens is 260 g/mol. The van der Waals surface area contributed by atoms with E-state index in [2.05, 4.69) is 15.7 Å². The van der Waals surface area contributed by atoms with E-state index < -0.39 is 0 Å². The maximum absolute atomic E-state index is 6.09. The molecule has 2 heterocycles. The lowest BCUT2D eigenvalue weighted by atomic mass is 10.2. The molecule has 0 spiro atoms. The fourth-order valence-corrected chi connectivity index (χ4v) is 2.50. The second-order valence-corrected chi connectivity index (χ2v) is 5.04. The van der Waals surface area contributed by atoms with Crippen LogP contribution in [-0.4, -0.2) is 14.1 Å². The lowest BCUT2D eigenvalue weighted by Gasteiger charge is -2.05. The highest BCUT2D eigenvalue weighted by Crippen LogP contribution is 2.25. The third kappa shape index (κ3) is 2.13. The molecule has 0 aliphatic carbocycles. The second-order valence-electron chi connectivity index (χ2n) is 4.60. The summed E-state index contributed by atoms with van der Waals surface area (Å²) >= 11 is 6.09. The molecule has 0 aliphatic heterocycles. The summed E-state index contributed by atoms with van der Waals surface area (Å²) in [6, 6.07) is 5.89. The number of imidazole rings is 1. The number of benzene rings is 1. The topological polar surface area (TPSA) is 48.8 Å². The molecule has 4 nitrogen and oxygen atoms in total. The zero-order chi connectivity index (χ0) is 13.4. The predicted octanol–water partition coefficient (Wildman–Crippen LogP) is 2.54. The van der Waals surface area contributed by atoms with Crippen LogP contribution in [0.2, 0.25) is 5.02 Å². The maximum atomic E-state index is 6.09. The molecule has 3 aromatic rings. The highest BCUT2D eigenvalue weighted by atomic mass is 35.5. The van der Waals surface area contributed by atoms with Gasteiger partial charge in [0.2, 0.25) is 0 Å². The van der Waals surface area contributed by atoms with Crippen LogP contribution in [-0.2, 0) is 20.1 Å². The maximum Gasteiger partial charge on any atom is 0.128 e. The van der Waals surface area contributed by atoms with Gasteiger partial charge in [0.25, 0.3) is 0 Å². The van der Waals surface area contributed by atoms with Gasteiger partial charge in [-0.25, -0.2) is 4.98 Å². The molecule has 5 heteroatoms. The lowest BCUT2D eigenvalue weighted by molar-refractivity contribution is 0.716. The quantitative estimate of drug-likeness (QED) is 0.798. The number of nitrogens with two attached hydrogens (primary N) is 1. The summed E-state index contributed by atoms with van der Waals surface area (Å²) in [5, 5.41) is 1.89. The van der Waals surface area contributed by atoms with Gasteiger partial charge in [-0.3, -0.25) is 0 Å². The van der Waals surface area contributed by atoms with Crippen molar-refractivity contribution in [3.05, 3.63) is 53.2 Å². The Morgan fingerprint density at radius 1 is 1.37 bits per heavy atom. The Morgan fingerprint density at radius 3 is 2.89 bits per heavy atom. The third-order valence-corrected chi connectivity index (χ3v) is 3.61. The fraction of sp³-hybridized carbons (Fsp3) is 0.214. The minimum Gasteiger partial charge on any atom is -0.340 e. The van der Waals surface area contributed by atoms with E-state index in [4.69, 9.17) is 17.3 Å². The summed E-state index contributed by atoms with van der Waals surface area (Å²) in [4.78, 5) is 4.35. The highest BCUT2D eigenvalue weighted by Gasteiger charge is 2.10. The molecule has 0 aliphatic rings. The van der Waals surface area contributed by atoms with Crippen molar-refractivity contribution in [3.63, 3.8) is 0 Å². The number of aryl methyl sites for hydroxylation is 1. The Bertz CT molecular complexity index is 726. The Labute approximate surface area is 116 Å². The van der Waals surface area contributed by atoms with Crippen molar-refractivity contribution < 1.29 is 0 Å². The minimum atomic E-state index is 0.520. The number of hydrogen-bond donors (Lipinski definition) is 1. The van der Waals surface area contributed by atoms with Gasteiger partial charge in [0, 0.05) is 42.6 Å². The highest BCUT2D eigenvalue weighted by molar-refractivity contribution is 6.31. The van der Waals surface area contributed by atoms with Crippen LogP contribution in [0, 0.1) is 0 Å². The third-order valence-electron chi connectivity index (χ3n) is 3.38. The van der Waals surface area contributed by atoms with Gasteiger partial charge in [0.05, 0.1) is 12.1 Å². The lowest BCUT2D eigenvalue weighted by Crippen LogP contribution is -2.04. The summed E-state index contributed by atoms with van der Waals surface area (Å²) in [5.41, 5.74) is 8.02. The van der Waals surface area contributed by atoms with Crippen molar-refractivity contribution in [2.75, 3.05) is 0 Å². The molecule has 98 valence electrons.